The maximum absolute atomic E-state index is 9.95. The fourth-order valence-electron chi connectivity index (χ4n) is 4.77. The largest absolute Gasteiger partial charge is 1.00 e. The van der Waals surface area contributed by atoms with Crippen molar-refractivity contribution in [3.8, 4) is 0 Å². The first-order valence-electron chi connectivity index (χ1n) is 13.6. The number of aliphatic hydroxyl groups is 1. The van der Waals surface area contributed by atoms with E-state index in [0.29, 0.717) is 12.6 Å². The smallest absolute Gasteiger partial charge is 0.112 e. The maximum Gasteiger partial charge on any atom is 0.112 e. The Morgan fingerprint density at radius 1 is 0.656 bits per heavy atom. The van der Waals surface area contributed by atoms with E-state index in [1.807, 2.05) is 0 Å². The summed E-state index contributed by atoms with van der Waals surface area (Å²) in [6, 6.07) is 11.0. The summed E-state index contributed by atoms with van der Waals surface area (Å²) < 4.78 is 0.874. The normalized spacial score (nSPS) is 12.5. The number of halogens is 1. The number of aliphatic hydroxyl groups excluding tert-OH is 1. The Morgan fingerprint density at radius 2 is 1.06 bits per heavy atom. The van der Waals surface area contributed by atoms with Crippen LogP contribution in [0.1, 0.15) is 122 Å². The lowest BCUT2D eigenvalue weighted by Gasteiger charge is -2.37. The molecular formula is C29H54BrNO. The van der Waals surface area contributed by atoms with E-state index in [4.69, 9.17) is 0 Å². The quantitative estimate of drug-likeness (QED) is 0.176. The molecular weight excluding hydrogens is 458 g/mol. The Labute approximate surface area is 211 Å². The van der Waals surface area contributed by atoms with Gasteiger partial charge in [0.2, 0.25) is 0 Å². The first-order valence-corrected chi connectivity index (χ1v) is 13.6. The van der Waals surface area contributed by atoms with Gasteiger partial charge in [-0.15, -0.1) is 0 Å². The molecule has 0 fully saturated rings. The summed E-state index contributed by atoms with van der Waals surface area (Å²) in [7, 11) is 4.53. The minimum atomic E-state index is 0. The van der Waals surface area contributed by atoms with Crippen molar-refractivity contribution in [1.82, 2.24) is 0 Å². The molecule has 0 aliphatic heterocycles. The minimum Gasteiger partial charge on any atom is -1.00 e. The molecule has 2 nitrogen and oxygen atoms in total. The lowest BCUT2D eigenvalue weighted by atomic mass is 10.0. The second-order valence-corrected chi connectivity index (χ2v) is 10.4. The zero-order valence-corrected chi connectivity index (χ0v) is 23.3. The van der Waals surface area contributed by atoms with Crippen molar-refractivity contribution in [2.45, 2.75) is 129 Å². The van der Waals surface area contributed by atoms with Gasteiger partial charge in [0.15, 0.2) is 0 Å². The molecule has 1 atom stereocenters. The Balaban J connectivity index is 0.00000961. The van der Waals surface area contributed by atoms with Crippen LogP contribution in [0.2, 0.25) is 0 Å². The van der Waals surface area contributed by atoms with Crippen molar-refractivity contribution in [2.75, 3.05) is 20.7 Å². The molecule has 0 spiro atoms. The van der Waals surface area contributed by atoms with E-state index >= 15 is 0 Å². The van der Waals surface area contributed by atoms with Crippen LogP contribution in [0.15, 0.2) is 30.3 Å². The third kappa shape index (κ3) is 16.3. The maximum atomic E-state index is 9.95. The van der Waals surface area contributed by atoms with E-state index in [9.17, 15) is 5.11 Å². The van der Waals surface area contributed by atoms with Crippen molar-refractivity contribution < 1.29 is 26.6 Å². The minimum absolute atomic E-state index is 0. The van der Waals surface area contributed by atoms with E-state index in [1.165, 1.54) is 108 Å². The molecule has 0 radical (unpaired) electrons. The van der Waals surface area contributed by atoms with Gasteiger partial charge in [0.05, 0.1) is 20.7 Å². The zero-order chi connectivity index (χ0) is 22.6. The first kappa shape index (κ1) is 31.6. The van der Waals surface area contributed by atoms with Gasteiger partial charge in [0, 0.05) is 12.0 Å². The van der Waals surface area contributed by atoms with E-state index in [0.717, 1.165) is 17.4 Å². The standard InChI is InChI=1S/C29H54NO.BrH/c1-4-5-6-7-8-9-10-11-12-13-14-15-16-17-18-22-25-29(27-31)30(2,3)26-28-23-20-19-21-24-28;/h19-21,23-24,29,31H,4-18,22,25-27H2,1-3H3;1H/q+1;/p-1. The topological polar surface area (TPSA) is 20.2 Å². The molecule has 0 bridgehead atoms. The van der Waals surface area contributed by atoms with Crippen molar-refractivity contribution in [1.29, 1.82) is 0 Å². The third-order valence-electron chi connectivity index (χ3n) is 7.02. The average Bonchev–Trinajstić information content (AvgIpc) is 2.76. The molecule has 1 rings (SSSR count). The highest BCUT2D eigenvalue weighted by molar-refractivity contribution is 5.13. The average molecular weight is 513 g/mol. The summed E-state index contributed by atoms with van der Waals surface area (Å²) in [5, 5.41) is 9.95. The highest BCUT2D eigenvalue weighted by Crippen LogP contribution is 2.20. The van der Waals surface area contributed by atoms with Crippen molar-refractivity contribution in [2.24, 2.45) is 0 Å². The molecule has 1 unspecified atom stereocenters. The molecule has 32 heavy (non-hydrogen) atoms. The lowest BCUT2D eigenvalue weighted by molar-refractivity contribution is -0.928. The fraction of sp³-hybridized carbons (Fsp3) is 0.793. The number of hydrogen-bond acceptors (Lipinski definition) is 1. The Bertz CT molecular complexity index is 505. The van der Waals surface area contributed by atoms with Gasteiger partial charge >= 0.3 is 0 Å². The van der Waals surface area contributed by atoms with Crippen molar-refractivity contribution in [3.63, 3.8) is 0 Å². The molecule has 0 saturated heterocycles. The van der Waals surface area contributed by atoms with Crippen LogP contribution in [0.4, 0.5) is 0 Å². The zero-order valence-electron chi connectivity index (χ0n) is 21.7. The molecule has 0 aromatic heterocycles. The van der Waals surface area contributed by atoms with Gasteiger partial charge in [0.1, 0.15) is 12.6 Å². The van der Waals surface area contributed by atoms with Gasteiger partial charge in [-0.25, -0.2) is 0 Å². The second kappa shape index (κ2) is 21.2. The highest BCUT2D eigenvalue weighted by atomic mass is 79.9. The fourth-order valence-corrected chi connectivity index (χ4v) is 4.77. The monoisotopic (exact) mass is 511 g/mol. The van der Waals surface area contributed by atoms with Crippen LogP contribution in [0, 0.1) is 0 Å². The summed E-state index contributed by atoms with van der Waals surface area (Å²) in [6.07, 6.45) is 23.7. The van der Waals surface area contributed by atoms with E-state index < -0.39 is 0 Å². The Kier molecular flexibility index (Phi) is 20.9. The molecule has 0 amide bonds. The molecule has 1 aromatic rings. The molecule has 0 heterocycles. The van der Waals surface area contributed by atoms with Gasteiger partial charge in [-0.05, 0) is 6.42 Å². The Morgan fingerprint density at radius 3 is 1.47 bits per heavy atom. The van der Waals surface area contributed by atoms with Crippen molar-refractivity contribution >= 4 is 0 Å². The number of benzene rings is 1. The van der Waals surface area contributed by atoms with Crippen LogP contribution in [-0.2, 0) is 6.54 Å². The molecule has 1 N–H and O–H groups in total. The number of hydrogen-bond donors (Lipinski definition) is 1. The SMILES string of the molecule is CCCCCCCCCCCCCCCCCCC(CO)[N+](C)(C)Cc1ccccc1.[Br-]. The number of rotatable bonds is 21. The van der Waals surface area contributed by atoms with Crippen LogP contribution in [0.5, 0.6) is 0 Å². The van der Waals surface area contributed by atoms with Gasteiger partial charge in [-0.2, -0.15) is 0 Å². The predicted molar refractivity (Wildman–Crippen MR) is 137 cm³/mol. The van der Waals surface area contributed by atoms with Gasteiger partial charge in [0.25, 0.3) is 0 Å². The van der Waals surface area contributed by atoms with E-state index in [1.54, 1.807) is 0 Å². The second-order valence-electron chi connectivity index (χ2n) is 10.4. The molecule has 3 heteroatoms. The highest BCUT2D eigenvalue weighted by Gasteiger charge is 2.27. The summed E-state index contributed by atoms with van der Waals surface area (Å²) in [5.74, 6) is 0. The summed E-state index contributed by atoms with van der Waals surface area (Å²) in [4.78, 5) is 0. The molecule has 0 aliphatic carbocycles. The van der Waals surface area contributed by atoms with Crippen LogP contribution >= 0.6 is 0 Å². The van der Waals surface area contributed by atoms with Gasteiger partial charge in [-0.3, -0.25) is 0 Å². The first-order chi connectivity index (χ1) is 15.1. The summed E-state index contributed by atoms with van der Waals surface area (Å²) in [5.41, 5.74) is 1.36. The lowest BCUT2D eigenvalue weighted by Crippen LogP contribution is -3.00. The van der Waals surface area contributed by atoms with Crippen LogP contribution in [0.3, 0.4) is 0 Å². The predicted octanol–water partition coefficient (Wildman–Crippen LogP) is 5.28. The number of quaternary nitrogens is 1. The van der Waals surface area contributed by atoms with E-state index in [2.05, 4.69) is 51.4 Å². The number of nitrogens with zero attached hydrogens (tertiary/aromatic N) is 1. The van der Waals surface area contributed by atoms with Gasteiger partial charge < -0.3 is 26.6 Å². The molecule has 1 aromatic carbocycles. The number of unbranched alkanes of at least 4 members (excludes halogenated alkanes) is 15. The molecule has 0 aliphatic rings. The van der Waals surface area contributed by atoms with Crippen LogP contribution < -0.4 is 17.0 Å². The summed E-state index contributed by atoms with van der Waals surface area (Å²) >= 11 is 0. The van der Waals surface area contributed by atoms with Crippen molar-refractivity contribution in [3.05, 3.63) is 35.9 Å². The van der Waals surface area contributed by atoms with Gasteiger partial charge in [-0.1, -0.05) is 134 Å². The van der Waals surface area contributed by atoms with E-state index in [-0.39, 0.29) is 17.0 Å². The Hall–Kier alpha value is -0.380. The molecule has 188 valence electrons. The third-order valence-corrected chi connectivity index (χ3v) is 7.02. The van der Waals surface area contributed by atoms with Crippen LogP contribution in [-0.4, -0.2) is 36.3 Å². The van der Waals surface area contributed by atoms with Crippen LogP contribution in [0.25, 0.3) is 0 Å². The number of likely N-dealkylation sites (N-methyl/N-ethyl adjacent to an activating group) is 1. The molecule has 0 saturated carbocycles. The summed E-state index contributed by atoms with van der Waals surface area (Å²) in [6.45, 7) is 3.57.